The fourth-order valence-corrected chi connectivity index (χ4v) is 4.52. The normalized spacial score (nSPS) is 17.2. The Bertz CT molecular complexity index is 1140. The summed E-state index contributed by atoms with van der Waals surface area (Å²) in [4.78, 5) is -0.227. The first-order valence-corrected chi connectivity index (χ1v) is 10.5. The van der Waals surface area contributed by atoms with Crippen molar-refractivity contribution in [3.8, 4) is 0 Å². The molecule has 2 aromatic carbocycles. The Morgan fingerprint density at radius 3 is 2.20 bits per heavy atom. The maximum atomic E-state index is 11.5. The monoisotopic (exact) mass is 384 g/mol. The van der Waals surface area contributed by atoms with E-state index in [1.54, 1.807) is 25.1 Å². The molecule has 0 aliphatic carbocycles. The van der Waals surface area contributed by atoms with E-state index in [9.17, 15) is 25.9 Å². The van der Waals surface area contributed by atoms with Gasteiger partial charge in [0.05, 0.1) is 10.3 Å². The highest BCUT2D eigenvalue weighted by molar-refractivity contribution is 7.86. The van der Waals surface area contributed by atoms with E-state index in [0.717, 1.165) is 10.9 Å². The average Bonchev–Trinajstić information content (AvgIpc) is 2.65. The highest BCUT2D eigenvalue weighted by Gasteiger charge is 2.45. The predicted molar refractivity (Wildman–Crippen MR) is 93.8 cm³/mol. The van der Waals surface area contributed by atoms with Crippen molar-refractivity contribution in [2.45, 2.75) is 31.1 Å². The van der Waals surface area contributed by atoms with Gasteiger partial charge in [-0.25, -0.2) is 0 Å². The SMILES string of the molecule is CC1=[N+](CS(=O)(=O)O)c2ccc3ccc(S(=O)(=O)O)cc3c2C1(C)C. The minimum absolute atomic E-state index is 0.227. The smallest absolute Gasteiger partial charge is 0.282 e. The molecule has 7 nitrogen and oxygen atoms in total. The zero-order valence-electron chi connectivity index (χ0n) is 13.9. The van der Waals surface area contributed by atoms with Gasteiger partial charge < -0.3 is 0 Å². The number of nitrogens with zero attached hydrogens (tertiary/aromatic N) is 1. The first kappa shape index (κ1) is 18.0. The fraction of sp³-hybridized carbons (Fsp3) is 0.312. The third-order valence-corrected chi connectivity index (χ3v) is 6.22. The molecular formula is C16H18NO6S2+. The molecule has 25 heavy (non-hydrogen) atoms. The number of hydrogen-bond acceptors (Lipinski definition) is 4. The van der Waals surface area contributed by atoms with E-state index in [1.807, 2.05) is 13.8 Å². The number of hydrogen-bond donors (Lipinski definition) is 2. The minimum atomic E-state index is -4.36. The van der Waals surface area contributed by atoms with Crippen molar-refractivity contribution in [1.29, 1.82) is 0 Å². The van der Waals surface area contributed by atoms with Gasteiger partial charge in [-0.3, -0.25) is 9.11 Å². The number of fused-ring (bicyclic) bond motifs is 3. The van der Waals surface area contributed by atoms with Gasteiger partial charge in [-0.05, 0) is 42.8 Å². The van der Waals surface area contributed by atoms with Crippen molar-refractivity contribution in [3.05, 3.63) is 35.9 Å². The molecule has 3 rings (SSSR count). The summed E-state index contributed by atoms with van der Waals surface area (Å²) in [5.74, 6) is -0.585. The van der Waals surface area contributed by atoms with Crippen molar-refractivity contribution in [3.63, 3.8) is 0 Å². The summed E-state index contributed by atoms with van der Waals surface area (Å²) in [6.45, 7) is 5.55. The second-order valence-corrected chi connectivity index (χ2v) is 9.51. The summed E-state index contributed by atoms with van der Waals surface area (Å²) in [6, 6.07) is 7.78. The van der Waals surface area contributed by atoms with Crippen LogP contribution in [-0.2, 0) is 25.7 Å². The lowest BCUT2D eigenvalue weighted by atomic mass is 9.80. The van der Waals surface area contributed by atoms with E-state index in [-0.39, 0.29) is 4.90 Å². The predicted octanol–water partition coefficient (Wildman–Crippen LogP) is 2.33. The molecule has 0 bridgehead atoms. The molecule has 0 unspecified atom stereocenters. The summed E-state index contributed by atoms with van der Waals surface area (Å²) in [6.07, 6.45) is 0. The first-order valence-electron chi connectivity index (χ1n) is 7.44. The maximum absolute atomic E-state index is 11.5. The van der Waals surface area contributed by atoms with E-state index in [2.05, 4.69) is 0 Å². The molecule has 2 aromatic rings. The van der Waals surface area contributed by atoms with Crippen LogP contribution in [0.25, 0.3) is 10.8 Å². The molecule has 9 heteroatoms. The molecule has 0 spiro atoms. The van der Waals surface area contributed by atoms with Crippen LogP contribution < -0.4 is 0 Å². The van der Waals surface area contributed by atoms with Crippen LogP contribution in [0, 0.1) is 0 Å². The van der Waals surface area contributed by atoms with Crippen LogP contribution in [0.1, 0.15) is 26.3 Å². The third kappa shape index (κ3) is 2.97. The Kier molecular flexibility index (Phi) is 3.84. The summed E-state index contributed by atoms with van der Waals surface area (Å²) in [5, 5.41) is 1.37. The van der Waals surface area contributed by atoms with Crippen LogP contribution in [0.15, 0.2) is 35.2 Å². The van der Waals surface area contributed by atoms with Gasteiger partial charge >= 0.3 is 10.1 Å². The van der Waals surface area contributed by atoms with Crippen molar-refractivity contribution in [2.75, 3.05) is 5.88 Å². The van der Waals surface area contributed by atoms with E-state index in [1.165, 1.54) is 16.7 Å². The summed E-state index contributed by atoms with van der Waals surface area (Å²) in [7, 11) is -8.61. The highest BCUT2D eigenvalue weighted by atomic mass is 32.2. The second-order valence-electron chi connectivity index (χ2n) is 6.67. The van der Waals surface area contributed by atoms with Gasteiger partial charge in [0.15, 0.2) is 5.71 Å². The molecule has 1 aliphatic heterocycles. The quantitative estimate of drug-likeness (QED) is 0.620. The van der Waals surface area contributed by atoms with Crippen molar-refractivity contribution >= 4 is 42.4 Å². The van der Waals surface area contributed by atoms with E-state index >= 15 is 0 Å². The molecular weight excluding hydrogens is 366 g/mol. The molecule has 0 radical (unpaired) electrons. The lowest BCUT2D eigenvalue weighted by molar-refractivity contribution is -0.417. The molecule has 0 aromatic heterocycles. The molecule has 2 N–H and O–H groups in total. The zero-order chi connectivity index (χ0) is 18.8. The van der Waals surface area contributed by atoms with Gasteiger partial charge in [0, 0.05) is 18.6 Å². The van der Waals surface area contributed by atoms with E-state index < -0.39 is 31.5 Å². The standard InChI is InChI=1S/C16H17NO6S2/c1-10-16(2,3)15-13-8-12(25(21,22)23)6-4-11(13)5-7-14(15)17(10)9-24(18,19)20/h4-8H,9H2,1-3H3,(H-,18,19,20,21,22,23)/p+1. The molecule has 0 fully saturated rings. The molecule has 0 atom stereocenters. The van der Waals surface area contributed by atoms with Crippen LogP contribution in [0.3, 0.4) is 0 Å². The van der Waals surface area contributed by atoms with E-state index in [4.69, 9.17) is 0 Å². The molecule has 0 saturated carbocycles. The molecule has 0 amide bonds. The van der Waals surface area contributed by atoms with E-state index in [0.29, 0.717) is 16.8 Å². The largest absolute Gasteiger partial charge is 0.326 e. The van der Waals surface area contributed by atoms with Crippen molar-refractivity contribution in [2.24, 2.45) is 0 Å². The van der Waals surface area contributed by atoms with Gasteiger partial charge in [0.1, 0.15) is 0 Å². The Morgan fingerprint density at radius 1 is 1.04 bits per heavy atom. The topological polar surface area (TPSA) is 112 Å². The molecule has 1 aliphatic rings. The Labute approximate surface area is 146 Å². The highest BCUT2D eigenvalue weighted by Crippen LogP contribution is 2.44. The van der Waals surface area contributed by atoms with Gasteiger partial charge in [0.25, 0.3) is 16.0 Å². The third-order valence-electron chi connectivity index (χ3n) is 4.79. The Balaban J connectivity index is 2.37. The maximum Gasteiger partial charge on any atom is 0.326 e. The number of rotatable bonds is 3. The first-order chi connectivity index (χ1) is 11.3. The summed E-state index contributed by atoms with van der Waals surface area (Å²) >= 11 is 0. The van der Waals surface area contributed by atoms with Crippen LogP contribution in [-0.4, -0.2) is 42.1 Å². The lowest BCUT2D eigenvalue weighted by Crippen LogP contribution is -2.28. The Morgan fingerprint density at radius 2 is 1.64 bits per heavy atom. The lowest BCUT2D eigenvalue weighted by Gasteiger charge is -2.17. The summed E-state index contributed by atoms with van der Waals surface area (Å²) in [5.41, 5.74) is 1.46. The van der Waals surface area contributed by atoms with Gasteiger partial charge in [-0.1, -0.05) is 6.07 Å². The van der Waals surface area contributed by atoms with Crippen molar-refractivity contribution < 1.29 is 30.5 Å². The molecule has 0 saturated heterocycles. The van der Waals surface area contributed by atoms with Crippen LogP contribution in [0.5, 0.6) is 0 Å². The van der Waals surface area contributed by atoms with Crippen LogP contribution in [0.4, 0.5) is 5.69 Å². The molecule has 134 valence electrons. The zero-order valence-corrected chi connectivity index (χ0v) is 15.5. The average molecular weight is 384 g/mol. The Hall–Kier alpha value is -1.81. The number of benzene rings is 2. The van der Waals surface area contributed by atoms with Gasteiger partial charge in [-0.15, -0.1) is 0 Å². The fourth-order valence-electron chi connectivity index (χ4n) is 3.36. The van der Waals surface area contributed by atoms with Crippen molar-refractivity contribution in [1.82, 2.24) is 0 Å². The minimum Gasteiger partial charge on any atom is -0.282 e. The van der Waals surface area contributed by atoms with Gasteiger partial charge in [-0.2, -0.15) is 21.4 Å². The second kappa shape index (κ2) is 5.34. The van der Waals surface area contributed by atoms with Crippen LogP contribution >= 0.6 is 0 Å². The van der Waals surface area contributed by atoms with Gasteiger partial charge in [0.2, 0.25) is 5.69 Å². The summed E-state index contributed by atoms with van der Waals surface area (Å²) < 4.78 is 65.8. The van der Waals surface area contributed by atoms with Crippen LogP contribution in [0.2, 0.25) is 0 Å². The molecule has 1 heterocycles.